The van der Waals surface area contributed by atoms with Gasteiger partial charge in [-0.2, -0.15) is 13.2 Å². The Morgan fingerprint density at radius 2 is 1.71 bits per heavy atom. The van der Waals surface area contributed by atoms with E-state index in [0.29, 0.717) is 31.0 Å². The van der Waals surface area contributed by atoms with Crippen LogP contribution in [0.4, 0.5) is 24.5 Å². The van der Waals surface area contributed by atoms with Gasteiger partial charge in [-0.3, -0.25) is 19.9 Å². The summed E-state index contributed by atoms with van der Waals surface area (Å²) in [7, 11) is 0. The monoisotopic (exact) mass is 567 g/mol. The molecule has 0 bridgehead atoms. The van der Waals surface area contributed by atoms with E-state index in [9.17, 15) is 22.8 Å². The Labute approximate surface area is 239 Å². The number of nitrogens with one attached hydrogen (secondary N) is 3. The van der Waals surface area contributed by atoms with Crippen molar-refractivity contribution in [1.29, 1.82) is 0 Å². The van der Waals surface area contributed by atoms with Crippen LogP contribution in [0.5, 0.6) is 0 Å². The zero-order valence-electron chi connectivity index (χ0n) is 23.4. The maximum atomic E-state index is 12.6. The zero-order chi connectivity index (χ0) is 30.8. The molecular weight excluding hydrogens is 531 g/mol. The number of hydrogen-bond acceptors (Lipinski definition) is 5. The van der Waals surface area contributed by atoms with Crippen molar-refractivity contribution in [3.8, 4) is 0 Å². The third-order valence-electron chi connectivity index (χ3n) is 5.47. The van der Waals surface area contributed by atoms with Crippen LogP contribution in [0.1, 0.15) is 39.5 Å². The molecule has 3 aromatic rings. The highest BCUT2D eigenvalue weighted by Gasteiger charge is 2.30. The second-order valence-electron chi connectivity index (χ2n) is 8.48. The van der Waals surface area contributed by atoms with Crippen molar-refractivity contribution in [2.45, 2.75) is 33.5 Å². The van der Waals surface area contributed by atoms with E-state index in [4.69, 9.17) is 5.73 Å². The normalized spacial score (nSPS) is 11.0. The maximum Gasteiger partial charge on any atom is 0.416 e. The van der Waals surface area contributed by atoms with Crippen LogP contribution in [0.25, 0.3) is 0 Å². The summed E-state index contributed by atoms with van der Waals surface area (Å²) in [5, 5.41) is 8.29. The van der Waals surface area contributed by atoms with Gasteiger partial charge < -0.3 is 16.4 Å². The van der Waals surface area contributed by atoms with Gasteiger partial charge in [0.15, 0.2) is 0 Å². The van der Waals surface area contributed by atoms with Crippen molar-refractivity contribution in [2.24, 2.45) is 4.99 Å². The summed E-state index contributed by atoms with van der Waals surface area (Å²) in [4.78, 5) is 26.4. The topological polar surface area (TPSA) is 109 Å². The number of halogens is 3. The van der Waals surface area contributed by atoms with Crippen molar-refractivity contribution in [1.82, 2.24) is 10.6 Å². The molecule has 41 heavy (non-hydrogen) atoms. The molecule has 0 saturated heterocycles. The predicted molar refractivity (Wildman–Crippen MR) is 161 cm³/mol. The van der Waals surface area contributed by atoms with Gasteiger partial charge in [-0.05, 0) is 79.9 Å². The van der Waals surface area contributed by atoms with Crippen LogP contribution in [-0.2, 0) is 17.5 Å². The number of carbonyl (C=O) groups excluding carboxylic acids is 2. The van der Waals surface area contributed by atoms with E-state index in [2.05, 4.69) is 34.1 Å². The molecule has 0 atom stereocenters. The Kier molecular flexibility index (Phi) is 14.9. The number of carbonyl (C=O) groups is 2. The van der Waals surface area contributed by atoms with E-state index < -0.39 is 17.6 Å². The summed E-state index contributed by atoms with van der Waals surface area (Å²) in [5.74, 6) is -0.565. The first-order valence-corrected chi connectivity index (χ1v) is 12.5. The molecule has 10 heteroatoms. The number of nitrogens with two attached hydrogens (primary N) is 1. The van der Waals surface area contributed by atoms with Crippen molar-refractivity contribution >= 4 is 29.9 Å². The maximum absolute atomic E-state index is 12.6. The minimum atomic E-state index is -4.46. The molecule has 7 nitrogen and oxygen atoms in total. The lowest BCUT2D eigenvalue weighted by molar-refractivity contribution is -0.137. The molecule has 3 aromatic carbocycles. The molecule has 0 spiro atoms. The number of nitrogens with zero attached hydrogens (tertiary/aromatic N) is 1. The number of amides is 2. The minimum Gasteiger partial charge on any atom is -0.399 e. The van der Waals surface area contributed by atoms with Gasteiger partial charge in [-0.15, -0.1) is 13.2 Å². The van der Waals surface area contributed by atoms with E-state index in [1.165, 1.54) is 12.1 Å². The quantitative estimate of drug-likeness (QED) is 0.0787. The molecule has 0 aromatic heterocycles. The molecule has 0 aliphatic carbocycles. The predicted octanol–water partition coefficient (Wildman–Crippen LogP) is 6.41. The van der Waals surface area contributed by atoms with E-state index >= 15 is 0 Å². The van der Waals surface area contributed by atoms with Gasteiger partial charge >= 0.3 is 6.18 Å². The second kappa shape index (κ2) is 17.8. The zero-order valence-corrected chi connectivity index (χ0v) is 23.4. The Bertz CT molecular complexity index is 1340. The first-order valence-electron chi connectivity index (χ1n) is 12.5. The second-order valence-corrected chi connectivity index (χ2v) is 8.48. The number of hydrogen-bond donors (Lipinski definition) is 4. The molecule has 0 aliphatic heterocycles. The molecule has 218 valence electrons. The fourth-order valence-corrected chi connectivity index (χ4v) is 3.23. The summed E-state index contributed by atoms with van der Waals surface area (Å²) in [5.41, 5.74) is 9.98. The highest BCUT2D eigenvalue weighted by Crippen LogP contribution is 2.29. The number of rotatable bonds is 9. The largest absolute Gasteiger partial charge is 0.416 e. The summed E-state index contributed by atoms with van der Waals surface area (Å²) >= 11 is 0. The molecule has 0 heterocycles. The number of allylic oxidation sites excluding steroid dienone is 2. The standard InChI is InChI=1S/C16H14F3NO.C13H18N4O.C2H4/c1-10-6-7-14(8-11(10)2)20-15(21)12-4-3-5-13(9-12)16(17,18)19;1-2-13(17-10-18)8-16-9-15-7-11-4-3-5-12(14)6-11;1-2/h3-9H,1-2H3,(H,20,21);2-6,8,10,15H,7,9,14H2,1H3,(H,17,18);1-2H2/b;13-2+,16-8-;. The summed E-state index contributed by atoms with van der Waals surface area (Å²) < 4.78 is 37.9. The van der Waals surface area contributed by atoms with Gasteiger partial charge in [0.2, 0.25) is 6.41 Å². The Morgan fingerprint density at radius 3 is 2.32 bits per heavy atom. The molecule has 0 aliphatic rings. The number of anilines is 2. The molecule has 3 rings (SSSR count). The SMILES string of the molecule is C/C=C(\C=N/CNCc1cccc(N)c1)NC=O.C=C.Cc1ccc(NC(=O)c2cccc(C(F)(F)F)c2)cc1C. The summed E-state index contributed by atoms with van der Waals surface area (Å²) in [6.45, 7) is 12.8. The lowest BCUT2D eigenvalue weighted by Crippen LogP contribution is -2.15. The first kappa shape index (κ1) is 34.3. The number of benzene rings is 3. The Hall–Kier alpha value is -4.70. The van der Waals surface area contributed by atoms with Crippen LogP contribution < -0.4 is 21.7 Å². The highest BCUT2D eigenvalue weighted by atomic mass is 19.4. The van der Waals surface area contributed by atoms with Crippen molar-refractivity contribution < 1.29 is 22.8 Å². The van der Waals surface area contributed by atoms with Crippen LogP contribution in [0.15, 0.2) is 96.7 Å². The van der Waals surface area contributed by atoms with E-state index in [1.807, 2.05) is 51.1 Å². The molecule has 2 amide bonds. The molecule has 0 saturated carbocycles. The van der Waals surface area contributed by atoms with E-state index in [0.717, 1.165) is 34.5 Å². The first-order chi connectivity index (χ1) is 19.5. The Balaban J connectivity index is 0.000000391. The number of aliphatic imine (C=N–C) groups is 1. The van der Waals surface area contributed by atoms with Crippen LogP contribution in [0.2, 0.25) is 0 Å². The fraction of sp³-hybridized carbons (Fsp3) is 0.194. The van der Waals surface area contributed by atoms with Gasteiger partial charge in [0.25, 0.3) is 5.91 Å². The molecule has 0 unspecified atom stereocenters. The lowest BCUT2D eigenvalue weighted by atomic mass is 10.1. The number of alkyl halides is 3. The van der Waals surface area contributed by atoms with Crippen LogP contribution in [-0.4, -0.2) is 25.2 Å². The third kappa shape index (κ3) is 12.8. The van der Waals surface area contributed by atoms with Gasteiger partial charge in [-0.1, -0.05) is 30.3 Å². The highest BCUT2D eigenvalue weighted by molar-refractivity contribution is 6.04. The van der Waals surface area contributed by atoms with Crippen molar-refractivity contribution in [2.75, 3.05) is 17.7 Å². The average molecular weight is 568 g/mol. The average Bonchev–Trinajstić information content (AvgIpc) is 2.95. The molecular formula is C31H36F3N5O2. The minimum absolute atomic E-state index is 0.0250. The summed E-state index contributed by atoms with van der Waals surface area (Å²) in [6, 6.07) is 17.4. The lowest BCUT2D eigenvalue weighted by Gasteiger charge is -2.10. The van der Waals surface area contributed by atoms with Crippen LogP contribution in [0.3, 0.4) is 0 Å². The Morgan fingerprint density at radius 1 is 1.00 bits per heavy atom. The number of aryl methyl sites for hydroxylation is 2. The van der Waals surface area contributed by atoms with Gasteiger partial charge in [-0.25, -0.2) is 0 Å². The van der Waals surface area contributed by atoms with Gasteiger partial charge in [0.05, 0.1) is 17.9 Å². The number of nitrogen functional groups attached to an aromatic ring is 1. The third-order valence-corrected chi connectivity index (χ3v) is 5.47. The van der Waals surface area contributed by atoms with Crippen molar-refractivity contribution in [3.63, 3.8) is 0 Å². The van der Waals surface area contributed by atoms with Gasteiger partial charge in [0.1, 0.15) is 0 Å². The van der Waals surface area contributed by atoms with E-state index in [1.54, 1.807) is 24.4 Å². The fourth-order valence-electron chi connectivity index (χ4n) is 3.23. The molecule has 5 N–H and O–H groups in total. The van der Waals surface area contributed by atoms with Crippen molar-refractivity contribution in [3.05, 3.63) is 119 Å². The smallest absolute Gasteiger partial charge is 0.399 e. The van der Waals surface area contributed by atoms with E-state index in [-0.39, 0.29) is 5.56 Å². The van der Waals surface area contributed by atoms with Crippen LogP contribution >= 0.6 is 0 Å². The van der Waals surface area contributed by atoms with Crippen LogP contribution in [0, 0.1) is 13.8 Å². The summed E-state index contributed by atoms with van der Waals surface area (Å²) in [6.07, 6.45) is -0.450. The molecule has 0 radical (unpaired) electrons. The van der Waals surface area contributed by atoms with Gasteiger partial charge in [0, 0.05) is 29.7 Å². The molecule has 0 fully saturated rings.